The van der Waals surface area contributed by atoms with E-state index >= 15 is 0 Å². The third kappa shape index (κ3) is 2.53. The smallest absolute Gasteiger partial charge is 0.187 e. The molecule has 6 heteroatoms. The highest BCUT2D eigenvalue weighted by molar-refractivity contribution is 7.80. The number of benzene rings is 1. The number of fused-ring (bicyclic) bond motifs is 1. The summed E-state index contributed by atoms with van der Waals surface area (Å²) in [6.07, 6.45) is 4.51. The molecule has 3 N–H and O–H groups in total. The molecule has 1 aliphatic rings. The van der Waals surface area contributed by atoms with E-state index in [1.54, 1.807) is 23.5 Å². The van der Waals surface area contributed by atoms with E-state index in [0.29, 0.717) is 5.69 Å². The van der Waals surface area contributed by atoms with Crippen molar-refractivity contribution in [3.05, 3.63) is 40.2 Å². The SMILES string of the molecule is NC(=S)c1c(F)cccc1Nc1nc2c(s1)CCCC2. The molecular formula is C14H14FN3S2. The van der Waals surface area contributed by atoms with Gasteiger partial charge in [-0.05, 0) is 37.8 Å². The second kappa shape index (κ2) is 5.46. The maximum absolute atomic E-state index is 13.8. The number of anilines is 2. The van der Waals surface area contributed by atoms with Gasteiger partial charge in [-0.3, -0.25) is 0 Å². The summed E-state index contributed by atoms with van der Waals surface area (Å²) in [5.74, 6) is -0.413. The number of aromatic nitrogens is 1. The molecule has 0 spiro atoms. The quantitative estimate of drug-likeness (QED) is 0.852. The first-order chi connectivity index (χ1) is 9.65. The van der Waals surface area contributed by atoms with Crippen LogP contribution in [0.2, 0.25) is 0 Å². The van der Waals surface area contributed by atoms with Crippen molar-refractivity contribution in [3.63, 3.8) is 0 Å². The molecule has 0 saturated heterocycles. The van der Waals surface area contributed by atoms with Crippen LogP contribution in [0.4, 0.5) is 15.2 Å². The van der Waals surface area contributed by atoms with Gasteiger partial charge in [-0.25, -0.2) is 9.37 Å². The highest BCUT2D eigenvalue weighted by Crippen LogP contribution is 2.32. The number of hydrogen-bond acceptors (Lipinski definition) is 4. The maximum atomic E-state index is 13.8. The van der Waals surface area contributed by atoms with E-state index in [-0.39, 0.29) is 10.6 Å². The fourth-order valence-electron chi connectivity index (χ4n) is 2.40. The van der Waals surface area contributed by atoms with Crippen LogP contribution < -0.4 is 11.1 Å². The Morgan fingerprint density at radius 1 is 1.35 bits per heavy atom. The summed E-state index contributed by atoms with van der Waals surface area (Å²) in [5, 5.41) is 3.93. The lowest BCUT2D eigenvalue weighted by molar-refractivity contribution is 0.626. The van der Waals surface area contributed by atoms with Crippen molar-refractivity contribution < 1.29 is 4.39 Å². The molecule has 0 amide bonds. The van der Waals surface area contributed by atoms with Crippen molar-refractivity contribution in [2.45, 2.75) is 25.7 Å². The monoisotopic (exact) mass is 307 g/mol. The average molecular weight is 307 g/mol. The van der Waals surface area contributed by atoms with Gasteiger partial charge in [-0.2, -0.15) is 0 Å². The van der Waals surface area contributed by atoms with E-state index in [2.05, 4.69) is 10.3 Å². The fraction of sp³-hybridized carbons (Fsp3) is 0.286. The summed E-state index contributed by atoms with van der Waals surface area (Å²) in [5.41, 5.74) is 7.58. The zero-order chi connectivity index (χ0) is 14.1. The summed E-state index contributed by atoms with van der Waals surface area (Å²) in [6.45, 7) is 0. The van der Waals surface area contributed by atoms with Gasteiger partial charge < -0.3 is 11.1 Å². The van der Waals surface area contributed by atoms with Crippen molar-refractivity contribution in [2.24, 2.45) is 5.73 Å². The molecule has 1 aromatic carbocycles. The maximum Gasteiger partial charge on any atom is 0.187 e. The molecule has 0 bridgehead atoms. The number of rotatable bonds is 3. The minimum Gasteiger partial charge on any atom is -0.389 e. The second-order valence-corrected chi connectivity index (χ2v) is 6.27. The molecule has 3 rings (SSSR count). The van der Waals surface area contributed by atoms with E-state index in [1.807, 2.05) is 0 Å². The minimum absolute atomic E-state index is 0.0481. The van der Waals surface area contributed by atoms with Crippen molar-refractivity contribution >= 4 is 39.4 Å². The first kappa shape index (κ1) is 13.5. The first-order valence-corrected chi connectivity index (χ1v) is 7.71. The van der Waals surface area contributed by atoms with Crippen molar-refractivity contribution in [3.8, 4) is 0 Å². The molecule has 0 aliphatic heterocycles. The number of nitrogens with zero attached hydrogens (tertiary/aromatic N) is 1. The van der Waals surface area contributed by atoms with Gasteiger partial charge in [0, 0.05) is 4.88 Å². The second-order valence-electron chi connectivity index (χ2n) is 4.75. The van der Waals surface area contributed by atoms with E-state index in [0.717, 1.165) is 23.7 Å². The van der Waals surface area contributed by atoms with E-state index < -0.39 is 5.82 Å². The van der Waals surface area contributed by atoms with Crippen molar-refractivity contribution in [1.29, 1.82) is 0 Å². The van der Waals surface area contributed by atoms with Crippen LogP contribution in [0, 0.1) is 5.82 Å². The normalized spacial score (nSPS) is 13.8. The lowest BCUT2D eigenvalue weighted by Crippen LogP contribution is -2.14. The van der Waals surface area contributed by atoms with Gasteiger partial charge in [0.25, 0.3) is 0 Å². The first-order valence-electron chi connectivity index (χ1n) is 6.49. The van der Waals surface area contributed by atoms with E-state index in [4.69, 9.17) is 18.0 Å². The zero-order valence-electron chi connectivity index (χ0n) is 10.8. The molecule has 104 valence electrons. The predicted octanol–water partition coefficient (Wildman–Crippen LogP) is 3.54. The highest BCUT2D eigenvalue weighted by atomic mass is 32.1. The van der Waals surface area contributed by atoms with Crippen molar-refractivity contribution in [1.82, 2.24) is 4.98 Å². The minimum atomic E-state index is -0.413. The van der Waals surface area contributed by atoms with Crippen LogP contribution in [0.1, 0.15) is 29.0 Å². The number of nitrogens with one attached hydrogen (secondary N) is 1. The van der Waals surface area contributed by atoms with Crippen LogP contribution >= 0.6 is 23.6 Å². The lowest BCUT2D eigenvalue weighted by Gasteiger charge is -2.09. The predicted molar refractivity (Wildman–Crippen MR) is 84.3 cm³/mol. The van der Waals surface area contributed by atoms with Crippen LogP contribution in [-0.2, 0) is 12.8 Å². The Balaban J connectivity index is 1.93. The van der Waals surface area contributed by atoms with Gasteiger partial charge in [0.15, 0.2) is 5.13 Å². The Morgan fingerprint density at radius 3 is 2.90 bits per heavy atom. The third-order valence-corrected chi connectivity index (χ3v) is 4.62. The summed E-state index contributed by atoms with van der Waals surface area (Å²) in [7, 11) is 0. The molecule has 0 saturated carbocycles. The van der Waals surface area contributed by atoms with Gasteiger partial charge in [0.2, 0.25) is 0 Å². The summed E-state index contributed by atoms with van der Waals surface area (Å²) in [6, 6.07) is 4.75. The molecule has 1 aromatic heterocycles. The largest absolute Gasteiger partial charge is 0.389 e. The number of aryl methyl sites for hydroxylation is 2. The summed E-state index contributed by atoms with van der Waals surface area (Å²) >= 11 is 6.55. The molecule has 0 radical (unpaired) electrons. The van der Waals surface area contributed by atoms with Crippen molar-refractivity contribution in [2.75, 3.05) is 5.32 Å². The Bertz CT molecular complexity index is 643. The highest BCUT2D eigenvalue weighted by Gasteiger charge is 2.17. The lowest BCUT2D eigenvalue weighted by atomic mass is 10.0. The molecule has 1 aliphatic carbocycles. The molecule has 20 heavy (non-hydrogen) atoms. The number of thiazole rings is 1. The summed E-state index contributed by atoms with van der Waals surface area (Å²) in [4.78, 5) is 5.95. The average Bonchev–Trinajstić information content (AvgIpc) is 2.80. The molecule has 3 nitrogen and oxygen atoms in total. The van der Waals surface area contributed by atoms with Crippen LogP contribution in [-0.4, -0.2) is 9.97 Å². The summed E-state index contributed by atoms with van der Waals surface area (Å²) < 4.78 is 13.8. The molecule has 2 aromatic rings. The van der Waals surface area contributed by atoms with E-state index in [9.17, 15) is 4.39 Å². The molecular weight excluding hydrogens is 293 g/mol. The van der Waals surface area contributed by atoms with Crippen LogP contribution in [0.3, 0.4) is 0 Å². The number of hydrogen-bond donors (Lipinski definition) is 2. The van der Waals surface area contributed by atoms with Crippen LogP contribution in [0.25, 0.3) is 0 Å². The zero-order valence-corrected chi connectivity index (χ0v) is 12.4. The fourth-order valence-corrected chi connectivity index (χ4v) is 3.67. The van der Waals surface area contributed by atoms with Crippen LogP contribution in [0.5, 0.6) is 0 Å². The molecule has 0 unspecified atom stereocenters. The molecule has 1 heterocycles. The number of halogens is 1. The van der Waals surface area contributed by atoms with Gasteiger partial charge in [0.1, 0.15) is 10.8 Å². The van der Waals surface area contributed by atoms with E-state index in [1.165, 1.54) is 23.8 Å². The third-order valence-electron chi connectivity index (χ3n) is 3.35. The Hall–Kier alpha value is -1.53. The Kier molecular flexibility index (Phi) is 3.67. The van der Waals surface area contributed by atoms with Gasteiger partial charge >= 0.3 is 0 Å². The van der Waals surface area contributed by atoms with Gasteiger partial charge in [-0.15, -0.1) is 11.3 Å². The van der Waals surface area contributed by atoms with Gasteiger partial charge in [-0.1, -0.05) is 18.3 Å². The molecule has 0 atom stereocenters. The van der Waals surface area contributed by atoms with Crippen LogP contribution in [0.15, 0.2) is 18.2 Å². The van der Waals surface area contributed by atoms with Gasteiger partial charge in [0.05, 0.1) is 16.9 Å². The number of thiocarbonyl (C=S) groups is 1. The number of nitrogens with two attached hydrogens (primary N) is 1. The Morgan fingerprint density at radius 2 is 2.15 bits per heavy atom. The molecule has 0 fully saturated rings. The topological polar surface area (TPSA) is 50.9 Å². The standard InChI is InChI=1S/C14H14FN3S2/c15-8-4-3-6-10(12(8)13(16)19)18-14-17-9-5-1-2-7-11(9)20-14/h3-4,6H,1-2,5,7H2,(H2,16,19)(H,17,18). The Labute approximate surface area is 126 Å².